The van der Waals surface area contributed by atoms with Crippen LogP contribution in [0.4, 0.5) is 0 Å². The Bertz CT molecular complexity index is 603. The van der Waals surface area contributed by atoms with E-state index in [1.54, 1.807) is 0 Å². The van der Waals surface area contributed by atoms with Crippen LogP contribution in [-0.4, -0.2) is 14.8 Å². The third kappa shape index (κ3) is 2.32. The zero-order valence-electron chi connectivity index (χ0n) is 9.37. The van der Waals surface area contributed by atoms with Crippen LogP contribution in [0, 0.1) is 4.77 Å². The van der Waals surface area contributed by atoms with Crippen LogP contribution in [0.5, 0.6) is 0 Å². The van der Waals surface area contributed by atoms with Crippen LogP contribution < -0.4 is 0 Å². The highest BCUT2D eigenvalue weighted by atomic mass is 79.9. The van der Waals surface area contributed by atoms with Crippen molar-refractivity contribution in [2.24, 2.45) is 0 Å². The summed E-state index contributed by atoms with van der Waals surface area (Å²) in [5.74, 6) is 1.16. The standard InChI is InChI=1S/C11H11BrClN3S/c1-6(2)10-14-15-11(17)16(10)8-5-3-4-7(13)9(8)12/h3-6H,1-2H3,(H,15,17). The van der Waals surface area contributed by atoms with Crippen molar-refractivity contribution < 1.29 is 0 Å². The van der Waals surface area contributed by atoms with Crippen LogP contribution in [0.3, 0.4) is 0 Å². The molecule has 0 aliphatic heterocycles. The van der Waals surface area contributed by atoms with E-state index in [0.717, 1.165) is 16.0 Å². The van der Waals surface area contributed by atoms with Gasteiger partial charge in [-0.25, -0.2) is 0 Å². The van der Waals surface area contributed by atoms with Crippen molar-refractivity contribution in [3.8, 4) is 5.69 Å². The molecule has 3 nitrogen and oxygen atoms in total. The van der Waals surface area contributed by atoms with E-state index in [4.69, 9.17) is 23.8 Å². The van der Waals surface area contributed by atoms with Crippen molar-refractivity contribution in [1.82, 2.24) is 14.8 Å². The molecule has 17 heavy (non-hydrogen) atoms. The second kappa shape index (κ2) is 4.92. The summed E-state index contributed by atoms with van der Waals surface area (Å²) in [6.45, 7) is 4.14. The molecule has 6 heteroatoms. The summed E-state index contributed by atoms with van der Waals surface area (Å²) in [5, 5.41) is 7.71. The highest BCUT2D eigenvalue weighted by Gasteiger charge is 2.14. The molecular formula is C11H11BrClN3S. The fourth-order valence-corrected chi connectivity index (χ4v) is 2.44. The first-order chi connectivity index (χ1) is 8.02. The zero-order chi connectivity index (χ0) is 12.6. The van der Waals surface area contributed by atoms with E-state index < -0.39 is 0 Å². The molecule has 0 aliphatic rings. The Morgan fingerprint density at radius 3 is 2.82 bits per heavy atom. The third-order valence-electron chi connectivity index (χ3n) is 2.39. The minimum absolute atomic E-state index is 0.272. The Kier molecular flexibility index (Phi) is 3.70. The summed E-state index contributed by atoms with van der Waals surface area (Å²) in [6.07, 6.45) is 0. The van der Waals surface area contributed by atoms with Crippen LogP contribution in [-0.2, 0) is 0 Å². The number of nitrogens with one attached hydrogen (secondary N) is 1. The number of aromatic nitrogens is 3. The Labute approximate surface area is 118 Å². The predicted molar refractivity (Wildman–Crippen MR) is 75.5 cm³/mol. The summed E-state index contributed by atoms with van der Waals surface area (Å²) < 4.78 is 3.29. The number of aromatic amines is 1. The van der Waals surface area contributed by atoms with E-state index in [0.29, 0.717) is 9.79 Å². The summed E-state index contributed by atoms with van der Waals surface area (Å²) in [4.78, 5) is 0. The number of nitrogens with zero attached hydrogens (tertiary/aromatic N) is 2. The summed E-state index contributed by atoms with van der Waals surface area (Å²) in [5.41, 5.74) is 0.903. The van der Waals surface area contributed by atoms with Crippen molar-refractivity contribution in [2.45, 2.75) is 19.8 Å². The van der Waals surface area contributed by atoms with Gasteiger partial charge in [0, 0.05) is 5.92 Å². The summed E-state index contributed by atoms with van der Waals surface area (Å²) in [7, 11) is 0. The maximum absolute atomic E-state index is 6.09. The minimum atomic E-state index is 0.272. The van der Waals surface area contributed by atoms with E-state index in [1.165, 1.54) is 0 Å². The first-order valence-electron chi connectivity index (χ1n) is 5.14. The zero-order valence-corrected chi connectivity index (χ0v) is 12.5. The maximum Gasteiger partial charge on any atom is 0.199 e. The van der Waals surface area contributed by atoms with Crippen LogP contribution >= 0.6 is 39.7 Å². The molecule has 0 saturated heterocycles. The lowest BCUT2D eigenvalue weighted by Crippen LogP contribution is -2.04. The van der Waals surface area contributed by atoms with Gasteiger partial charge in [-0.2, -0.15) is 5.10 Å². The topological polar surface area (TPSA) is 33.6 Å². The molecule has 0 saturated carbocycles. The largest absolute Gasteiger partial charge is 0.271 e. The van der Waals surface area contributed by atoms with Gasteiger partial charge in [0.15, 0.2) is 4.77 Å². The molecule has 0 unspecified atom stereocenters. The number of hydrogen-bond acceptors (Lipinski definition) is 2. The highest BCUT2D eigenvalue weighted by Crippen LogP contribution is 2.30. The van der Waals surface area contributed by atoms with Crippen molar-refractivity contribution in [1.29, 1.82) is 0 Å². The smallest absolute Gasteiger partial charge is 0.199 e. The lowest BCUT2D eigenvalue weighted by Gasteiger charge is -2.11. The van der Waals surface area contributed by atoms with Gasteiger partial charge in [-0.15, -0.1) is 0 Å². The van der Waals surface area contributed by atoms with Crippen molar-refractivity contribution in [2.75, 3.05) is 0 Å². The molecule has 2 rings (SSSR count). The van der Waals surface area contributed by atoms with Gasteiger partial charge in [0.1, 0.15) is 5.82 Å². The number of H-pyrrole nitrogens is 1. The van der Waals surface area contributed by atoms with Gasteiger partial charge in [0.05, 0.1) is 15.2 Å². The van der Waals surface area contributed by atoms with Gasteiger partial charge in [0.2, 0.25) is 0 Å². The fourth-order valence-electron chi connectivity index (χ4n) is 1.59. The van der Waals surface area contributed by atoms with Crippen LogP contribution in [0.15, 0.2) is 22.7 Å². The number of halogens is 2. The molecule has 0 spiro atoms. The molecule has 2 aromatic rings. The molecule has 0 bridgehead atoms. The quantitative estimate of drug-likeness (QED) is 0.823. The minimum Gasteiger partial charge on any atom is -0.271 e. The van der Waals surface area contributed by atoms with Crippen molar-refractivity contribution in [3.63, 3.8) is 0 Å². The van der Waals surface area contributed by atoms with Crippen molar-refractivity contribution >= 4 is 39.7 Å². The second-order valence-electron chi connectivity index (χ2n) is 3.95. The van der Waals surface area contributed by atoms with Gasteiger partial charge in [0.25, 0.3) is 0 Å². The molecule has 0 fully saturated rings. The average Bonchev–Trinajstić information content (AvgIpc) is 2.65. The van der Waals surface area contributed by atoms with E-state index in [9.17, 15) is 0 Å². The number of rotatable bonds is 2. The van der Waals surface area contributed by atoms with E-state index >= 15 is 0 Å². The molecule has 0 atom stereocenters. The lowest BCUT2D eigenvalue weighted by atomic mass is 10.2. The number of benzene rings is 1. The molecule has 1 aromatic heterocycles. The monoisotopic (exact) mass is 331 g/mol. The molecule has 0 radical (unpaired) electrons. The Morgan fingerprint density at radius 2 is 2.18 bits per heavy atom. The molecule has 0 amide bonds. The molecule has 90 valence electrons. The Balaban J connectivity index is 2.72. The molecule has 0 aliphatic carbocycles. The molecule has 1 aromatic carbocycles. The van der Waals surface area contributed by atoms with E-state index in [2.05, 4.69) is 40.0 Å². The van der Waals surface area contributed by atoms with Crippen LogP contribution in [0.2, 0.25) is 5.02 Å². The first kappa shape index (κ1) is 12.8. The van der Waals surface area contributed by atoms with Crippen LogP contribution in [0.1, 0.15) is 25.6 Å². The lowest BCUT2D eigenvalue weighted by molar-refractivity contribution is 0.743. The molecule has 1 heterocycles. The van der Waals surface area contributed by atoms with E-state index in [-0.39, 0.29) is 5.92 Å². The summed E-state index contributed by atoms with van der Waals surface area (Å²) in [6, 6.07) is 5.67. The normalized spacial score (nSPS) is 11.1. The predicted octanol–water partition coefficient (Wildman–Crippen LogP) is 4.47. The van der Waals surface area contributed by atoms with Gasteiger partial charge in [-0.1, -0.05) is 31.5 Å². The highest BCUT2D eigenvalue weighted by molar-refractivity contribution is 9.10. The van der Waals surface area contributed by atoms with Gasteiger partial charge < -0.3 is 0 Å². The van der Waals surface area contributed by atoms with E-state index in [1.807, 2.05) is 22.8 Å². The van der Waals surface area contributed by atoms with Crippen LogP contribution in [0.25, 0.3) is 5.69 Å². The van der Waals surface area contributed by atoms with Gasteiger partial charge in [-0.05, 0) is 40.3 Å². The fraction of sp³-hybridized carbons (Fsp3) is 0.273. The maximum atomic E-state index is 6.09. The van der Waals surface area contributed by atoms with Gasteiger partial charge >= 0.3 is 0 Å². The van der Waals surface area contributed by atoms with Crippen molar-refractivity contribution in [3.05, 3.63) is 38.3 Å². The van der Waals surface area contributed by atoms with Gasteiger partial charge in [-0.3, -0.25) is 9.67 Å². The Morgan fingerprint density at radius 1 is 1.47 bits per heavy atom. The third-order valence-corrected chi connectivity index (χ3v) is 4.04. The average molecular weight is 333 g/mol. The molecular weight excluding hydrogens is 322 g/mol. The Hall–Kier alpha value is -0.650. The SMILES string of the molecule is CC(C)c1n[nH]c(=S)n1-c1cccc(Cl)c1Br. The number of hydrogen-bond donors (Lipinski definition) is 1. The summed E-state index contributed by atoms with van der Waals surface area (Å²) >= 11 is 14.8. The first-order valence-corrected chi connectivity index (χ1v) is 6.72. The second-order valence-corrected chi connectivity index (χ2v) is 5.54. The molecule has 1 N–H and O–H groups in total.